The van der Waals surface area contributed by atoms with E-state index in [0.717, 1.165) is 12.8 Å². The highest BCUT2D eigenvalue weighted by atomic mass is 32.1. The first-order chi connectivity index (χ1) is 17.0. The average Bonchev–Trinajstić information content (AvgIpc) is 2.87. The number of amides is 2. The molecule has 2 aromatic carbocycles. The van der Waals surface area contributed by atoms with Crippen molar-refractivity contribution in [3.05, 3.63) is 65.7 Å². The number of benzene rings is 2. The fourth-order valence-corrected chi connectivity index (χ4v) is 3.98. The number of hydrogen-bond acceptors (Lipinski definition) is 6. The molecule has 0 bridgehead atoms. The van der Waals surface area contributed by atoms with Gasteiger partial charge < -0.3 is 19.7 Å². The van der Waals surface area contributed by atoms with Gasteiger partial charge in [-0.3, -0.25) is 19.7 Å². The third-order valence-electron chi connectivity index (χ3n) is 5.46. The molecular formula is C26H31N3O5S. The number of esters is 1. The second-order valence-electron chi connectivity index (χ2n) is 8.15. The monoisotopic (exact) mass is 497 g/mol. The molecule has 1 saturated heterocycles. The van der Waals surface area contributed by atoms with E-state index in [1.165, 1.54) is 5.56 Å². The summed E-state index contributed by atoms with van der Waals surface area (Å²) < 4.78 is 10.9. The van der Waals surface area contributed by atoms with E-state index in [0.29, 0.717) is 37.4 Å². The predicted molar refractivity (Wildman–Crippen MR) is 136 cm³/mol. The Bertz CT molecular complexity index is 1030. The standard InChI is InChI=1S/C26H31N3O5S/c1-2-15-33-21-12-6-11-20(17-21)24(31)28-26(35)29-14-13-27-25(32)22(29)18-23(30)34-16-7-10-19-8-4-3-5-9-19/h3-6,8-9,11-12,17,22H,2,7,10,13-16,18H2,1H3,(H,27,32)(H,28,31,35). The summed E-state index contributed by atoms with van der Waals surface area (Å²) in [5.41, 5.74) is 1.56. The lowest BCUT2D eigenvalue weighted by molar-refractivity contribution is -0.147. The fourth-order valence-electron chi connectivity index (χ4n) is 3.67. The zero-order valence-electron chi connectivity index (χ0n) is 19.8. The van der Waals surface area contributed by atoms with Crippen LogP contribution < -0.4 is 15.4 Å². The van der Waals surface area contributed by atoms with Gasteiger partial charge in [0.1, 0.15) is 11.8 Å². The molecule has 9 heteroatoms. The van der Waals surface area contributed by atoms with E-state index < -0.39 is 17.9 Å². The quantitative estimate of drug-likeness (QED) is 0.296. The molecule has 3 rings (SSSR count). The van der Waals surface area contributed by atoms with Crippen LogP contribution in [-0.2, 0) is 20.7 Å². The summed E-state index contributed by atoms with van der Waals surface area (Å²) in [6, 6.07) is 15.9. The molecule has 1 heterocycles. The highest BCUT2D eigenvalue weighted by Crippen LogP contribution is 2.15. The van der Waals surface area contributed by atoms with Crippen molar-refractivity contribution in [3.63, 3.8) is 0 Å². The van der Waals surface area contributed by atoms with Crippen molar-refractivity contribution in [2.75, 3.05) is 26.3 Å². The minimum absolute atomic E-state index is 0.0895. The van der Waals surface area contributed by atoms with E-state index in [-0.39, 0.29) is 24.0 Å². The first-order valence-corrected chi connectivity index (χ1v) is 12.2. The molecule has 0 aliphatic carbocycles. The van der Waals surface area contributed by atoms with Crippen LogP contribution in [-0.4, -0.2) is 60.1 Å². The van der Waals surface area contributed by atoms with Gasteiger partial charge in [-0.2, -0.15) is 0 Å². The van der Waals surface area contributed by atoms with Crippen molar-refractivity contribution in [2.45, 2.75) is 38.6 Å². The molecule has 1 atom stereocenters. The summed E-state index contributed by atoms with van der Waals surface area (Å²) in [4.78, 5) is 39.3. The summed E-state index contributed by atoms with van der Waals surface area (Å²) in [6.07, 6.45) is 2.18. The van der Waals surface area contributed by atoms with Gasteiger partial charge in [-0.1, -0.05) is 43.3 Å². The second kappa shape index (κ2) is 13.4. The number of nitrogens with one attached hydrogen (secondary N) is 2. The Hall–Kier alpha value is -3.46. The molecule has 1 fully saturated rings. The predicted octanol–water partition coefficient (Wildman–Crippen LogP) is 2.86. The van der Waals surface area contributed by atoms with Crippen LogP contribution in [0.1, 0.15) is 42.1 Å². The van der Waals surface area contributed by atoms with Gasteiger partial charge in [0.25, 0.3) is 5.91 Å². The molecule has 1 aliphatic rings. The zero-order valence-corrected chi connectivity index (χ0v) is 20.6. The van der Waals surface area contributed by atoms with Crippen LogP contribution in [0, 0.1) is 0 Å². The van der Waals surface area contributed by atoms with Crippen molar-refractivity contribution >= 4 is 35.1 Å². The molecule has 0 saturated carbocycles. The molecule has 0 aromatic heterocycles. The molecule has 0 radical (unpaired) electrons. The van der Waals surface area contributed by atoms with E-state index in [9.17, 15) is 14.4 Å². The lowest BCUT2D eigenvalue weighted by Gasteiger charge is -2.36. The molecule has 35 heavy (non-hydrogen) atoms. The minimum Gasteiger partial charge on any atom is -0.494 e. The van der Waals surface area contributed by atoms with Gasteiger partial charge in [-0.05, 0) is 55.2 Å². The highest BCUT2D eigenvalue weighted by molar-refractivity contribution is 7.80. The lowest BCUT2D eigenvalue weighted by Crippen LogP contribution is -2.60. The molecule has 2 aromatic rings. The first-order valence-electron chi connectivity index (χ1n) is 11.8. The van der Waals surface area contributed by atoms with Crippen LogP contribution in [0.5, 0.6) is 5.75 Å². The Labute approximate surface area is 211 Å². The summed E-state index contributed by atoms with van der Waals surface area (Å²) in [5.74, 6) is -0.634. The lowest BCUT2D eigenvalue weighted by atomic mass is 10.1. The number of nitrogens with zero attached hydrogens (tertiary/aromatic N) is 1. The fraction of sp³-hybridized carbons (Fsp3) is 0.385. The Balaban J connectivity index is 1.53. The van der Waals surface area contributed by atoms with Crippen LogP contribution in [0.4, 0.5) is 0 Å². The van der Waals surface area contributed by atoms with Crippen molar-refractivity contribution in [1.82, 2.24) is 15.5 Å². The molecule has 0 spiro atoms. The molecule has 8 nitrogen and oxygen atoms in total. The number of hydrogen-bond donors (Lipinski definition) is 2. The summed E-state index contributed by atoms with van der Waals surface area (Å²) >= 11 is 5.43. The third-order valence-corrected chi connectivity index (χ3v) is 5.79. The van der Waals surface area contributed by atoms with Gasteiger partial charge in [-0.15, -0.1) is 0 Å². The first kappa shape index (κ1) is 26.2. The number of ether oxygens (including phenoxy) is 2. The summed E-state index contributed by atoms with van der Waals surface area (Å²) in [5, 5.41) is 5.51. The number of carbonyl (C=O) groups excluding carboxylic acids is 3. The Morgan fingerprint density at radius 3 is 2.71 bits per heavy atom. The highest BCUT2D eigenvalue weighted by Gasteiger charge is 2.34. The maximum absolute atomic E-state index is 12.8. The van der Waals surface area contributed by atoms with E-state index in [2.05, 4.69) is 10.6 Å². The summed E-state index contributed by atoms with van der Waals surface area (Å²) in [7, 11) is 0. The van der Waals surface area contributed by atoms with Gasteiger partial charge in [0.15, 0.2) is 5.11 Å². The zero-order chi connectivity index (χ0) is 25.0. The molecule has 186 valence electrons. The van der Waals surface area contributed by atoms with E-state index in [1.54, 1.807) is 29.2 Å². The third kappa shape index (κ3) is 8.06. The van der Waals surface area contributed by atoms with Crippen molar-refractivity contribution in [2.24, 2.45) is 0 Å². The Morgan fingerprint density at radius 1 is 1.14 bits per heavy atom. The smallest absolute Gasteiger partial charge is 0.308 e. The number of piperazine rings is 1. The van der Waals surface area contributed by atoms with Gasteiger partial charge in [-0.25, -0.2) is 0 Å². The Kier molecular flexibility index (Phi) is 10.0. The van der Waals surface area contributed by atoms with Crippen molar-refractivity contribution < 1.29 is 23.9 Å². The van der Waals surface area contributed by atoms with Crippen LogP contribution in [0.25, 0.3) is 0 Å². The number of aryl methyl sites for hydroxylation is 1. The maximum Gasteiger partial charge on any atom is 0.308 e. The molecule has 2 amide bonds. The van der Waals surface area contributed by atoms with Crippen LogP contribution in [0.3, 0.4) is 0 Å². The maximum atomic E-state index is 12.8. The van der Waals surface area contributed by atoms with E-state index >= 15 is 0 Å². The SMILES string of the molecule is CCCOc1cccc(C(=O)NC(=S)N2CCNC(=O)C2CC(=O)OCCCc2ccccc2)c1. The second-order valence-corrected chi connectivity index (χ2v) is 8.54. The normalized spacial score (nSPS) is 15.2. The largest absolute Gasteiger partial charge is 0.494 e. The van der Waals surface area contributed by atoms with E-state index in [1.807, 2.05) is 37.3 Å². The van der Waals surface area contributed by atoms with Crippen molar-refractivity contribution in [1.29, 1.82) is 0 Å². The van der Waals surface area contributed by atoms with Crippen LogP contribution >= 0.6 is 12.2 Å². The van der Waals surface area contributed by atoms with Gasteiger partial charge >= 0.3 is 5.97 Å². The van der Waals surface area contributed by atoms with Gasteiger partial charge in [0, 0.05) is 18.7 Å². The number of rotatable bonds is 10. The van der Waals surface area contributed by atoms with Gasteiger partial charge in [0.05, 0.1) is 19.6 Å². The molecular weight excluding hydrogens is 466 g/mol. The van der Waals surface area contributed by atoms with Crippen LogP contribution in [0.2, 0.25) is 0 Å². The topological polar surface area (TPSA) is 97.0 Å². The molecule has 1 aliphatic heterocycles. The van der Waals surface area contributed by atoms with Crippen LogP contribution in [0.15, 0.2) is 54.6 Å². The number of thiocarbonyl (C=S) groups is 1. The van der Waals surface area contributed by atoms with Crippen molar-refractivity contribution in [3.8, 4) is 5.75 Å². The summed E-state index contributed by atoms with van der Waals surface area (Å²) in [6.45, 7) is 3.55. The van der Waals surface area contributed by atoms with E-state index in [4.69, 9.17) is 21.7 Å². The molecule has 2 N–H and O–H groups in total. The van der Waals surface area contributed by atoms with Gasteiger partial charge in [0.2, 0.25) is 5.91 Å². The minimum atomic E-state index is -0.850. The molecule has 1 unspecified atom stereocenters. The number of carbonyl (C=O) groups is 3. The average molecular weight is 498 g/mol. The Morgan fingerprint density at radius 2 is 1.94 bits per heavy atom.